The third kappa shape index (κ3) is 3.78. The van der Waals surface area contributed by atoms with Gasteiger partial charge < -0.3 is 10.2 Å². The predicted molar refractivity (Wildman–Crippen MR) is 76.0 cm³/mol. The molecular weight excluding hydrogens is 257 g/mol. The maximum atomic E-state index is 13.4. The minimum absolute atomic E-state index is 0.188. The van der Waals surface area contributed by atoms with E-state index in [9.17, 15) is 9.18 Å². The van der Waals surface area contributed by atoms with Gasteiger partial charge in [-0.05, 0) is 36.2 Å². The topological polar surface area (TPSA) is 45.2 Å². The van der Waals surface area contributed by atoms with Crippen LogP contribution in [0, 0.1) is 5.82 Å². The quantitative estimate of drug-likeness (QED) is 0.931. The SMILES string of the molecule is CN(CCc1ccncc1)C(=O)Nc1ccccc1F. The summed E-state index contributed by atoms with van der Waals surface area (Å²) in [7, 11) is 1.68. The summed E-state index contributed by atoms with van der Waals surface area (Å²) in [5, 5.41) is 2.55. The van der Waals surface area contributed by atoms with Crippen molar-refractivity contribution in [3.8, 4) is 0 Å². The molecule has 0 atom stereocenters. The van der Waals surface area contributed by atoms with Crippen molar-refractivity contribution in [3.63, 3.8) is 0 Å². The number of likely N-dealkylation sites (N-methyl/N-ethyl adjacent to an activating group) is 1. The van der Waals surface area contributed by atoms with E-state index in [1.807, 2.05) is 12.1 Å². The molecule has 0 aliphatic rings. The molecule has 1 N–H and O–H groups in total. The molecule has 0 saturated carbocycles. The number of carbonyl (C=O) groups excluding carboxylic acids is 1. The molecule has 0 radical (unpaired) electrons. The van der Waals surface area contributed by atoms with E-state index in [2.05, 4.69) is 10.3 Å². The summed E-state index contributed by atoms with van der Waals surface area (Å²) in [4.78, 5) is 17.4. The van der Waals surface area contributed by atoms with Crippen LogP contribution in [0.1, 0.15) is 5.56 Å². The minimum Gasteiger partial charge on any atom is -0.327 e. The number of hydrogen-bond acceptors (Lipinski definition) is 2. The van der Waals surface area contributed by atoms with Crippen LogP contribution in [-0.2, 0) is 6.42 Å². The smallest absolute Gasteiger partial charge is 0.321 e. The first-order valence-corrected chi connectivity index (χ1v) is 6.32. The van der Waals surface area contributed by atoms with Crippen LogP contribution in [0.15, 0.2) is 48.8 Å². The number of benzene rings is 1. The number of anilines is 1. The molecule has 1 heterocycles. The Labute approximate surface area is 117 Å². The van der Waals surface area contributed by atoms with Gasteiger partial charge in [-0.3, -0.25) is 4.98 Å². The summed E-state index contributed by atoms with van der Waals surface area (Å²) < 4.78 is 13.4. The maximum Gasteiger partial charge on any atom is 0.321 e. The Morgan fingerprint density at radius 2 is 1.95 bits per heavy atom. The van der Waals surface area contributed by atoms with Crippen molar-refractivity contribution in [1.82, 2.24) is 9.88 Å². The molecule has 0 bridgehead atoms. The van der Waals surface area contributed by atoms with Crippen LogP contribution >= 0.6 is 0 Å². The van der Waals surface area contributed by atoms with Gasteiger partial charge in [0.05, 0.1) is 5.69 Å². The van der Waals surface area contributed by atoms with Gasteiger partial charge in [0.25, 0.3) is 0 Å². The van der Waals surface area contributed by atoms with Crippen LogP contribution in [0.5, 0.6) is 0 Å². The van der Waals surface area contributed by atoms with E-state index in [4.69, 9.17) is 0 Å². The van der Waals surface area contributed by atoms with Crippen molar-refractivity contribution in [2.24, 2.45) is 0 Å². The van der Waals surface area contributed by atoms with Gasteiger partial charge in [0.15, 0.2) is 0 Å². The lowest BCUT2D eigenvalue weighted by atomic mass is 10.2. The third-order valence-electron chi connectivity index (χ3n) is 2.95. The van der Waals surface area contributed by atoms with Crippen LogP contribution in [-0.4, -0.2) is 29.5 Å². The molecule has 4 nitrogen and oxygen atoms in total. The van der Waals surface area contributed by atoms with Gasteiger partial charge in [-0.2, -0.15) is 0 Å². The van der Waals surface area contributed by atoms with Gasteiger partial charge in [-0.1, -0.05) is 12.1 Å². The highest BCUT2D eigenvalue weighted by molar-refractivity contribution is 5.89. The number of hydrogen-bond donors (Lipinski definition) is 1. The van der Waals surface area contributed by atoms with Gasteiger partial charge in [-0.15, -0.1) is 0 Å². The second-order valence-electron chi connectivity index (χ2n) is 4.44. The molecule has 1 aromatic heterocycles. The number of aromatic nitrogens is 1. The Hall–Kier alpha value is -2.43. The first kappa shape index (κ1) is 14.0. The number of amides is 2. The highest BCUT2D eigenvalue weighted by atomic mass is 19.1. The van der Waals surface area contributed by atoms with Gasteiger partial charge in [0, 0.05) is 26.0 Å². The Morgan fingerprint density at radius 3 is 2.65 bits per heavy atom. The summed E-state index contributed by atoms with van der Waals surface area (Å²) in [6, 6.07) is 9.58. The molecular formula is C15H16FN3O. The van der Waals surface area contributed by atoms with E-state index in [-0.39, 0.29) is 11.7 Å². The van der Waals surface area contributed by atoms with Crippen LogP contribution < -0.4 is 5.32 Å². The first-order valence-electron chi connectivity index (χ1n) is 6.32. The summed E-state index contributed by atoms with van der Waals surface area (Å²) >= 11 is 0. The van der Waals surface area contributed by atoms with E-state index >= 15 is 0 Å². The van der Waals surface area contributed by atoms with Crippen LogP contribution in [0.25, 0.3) is 0 Å². The van der Waals surface area contributed by atoms with E-state index in [0.717, 1.165) is 12.0 Å². The standard InChI is InChI=1S/C15H16FN3O/c1-19(11-8-12-6-9-17-10-7-12)15(20)18-14-5-3-2-4-13(14)16/h2-7,9-10H,8,11H2,1H3,(H,18,20). The number of halogens is 1. The fourth-order valence-corrected chi connectivity index (χ4v) is 1.72. The van der Waals surface area contributed by atoms with Crippen molar-refractivity contribution in [2.75, 3.05) is 18.9 Å². The van der Waals surface area contributed by atoms with E-state index in [1.165, 1.54) is 17.0 Å². The summed E-state index contributed by atoms with van der Waals surface area (Å²) in [5.74, 6) is -0.441. The molecule has 0 saturated heterocycles. The van der Waals surface area contributed by atoms with Gasteiger partial charge in [-0.25, -0.2) is 9.18 Å². The summed E-state index contributed by atoms with van der Waals surface area (Å²) in [6.45, 7) is 0.546. The third-order valence-corrected chi connectivity index (χ3v) is 2.95. The molecule has 0 unspecified atom stereocenters. The minimum atomic E-state index is -0.441. The fraction of sp³-hybridized carbons (Fsp3) is 0.200. The van der Waals surface area contributed by atoms with E-state index in [1.54, 1.807) is 31.6 Å². The lowest BCUT2D eigenvalue weighted by molar-refractivity contribution is 0.223. The monoisotopic (exact) mass is 273 g/mol. The molecule has 0 aliphatic heterocycles. The number of pyridine rings is 1. The number of nitrogens with one attached hydrogen (secondary N) is 1. The second-order valence-corrected chi connectivity index (χ2v) is 4.44. The molecule has 1 aromatic carbocycles. The highest BCUT2D eigenvalue weighted by Crippen LogP contribution is 2.12. The Bertz CT molecular complexity index is 574. The van der Waals surface area contributed by atoms with Crippen molar-refractivity contribution in [1.29, 1.82) is 0 Å². The zero-order valence-electron chi connectivity index (χ0n) is 11.2. The van der Waals surface area contributed by atoms with Crippen molar-refractivity contribution in [2.45, 2.75) is 6.42 Å². The molecule has 2 amide bonds. The summed E-state index contributed by atoms with van der Waals surface area (Å²) in [5.41, 5.74) is 1.29. The molecule has 5 heteroatoms. The molecule has 0 fully saturated rings. The maximum absolute atomic E-state index is 13.4. The first-order chi connectivity index (χ1) is 9.66. The van der Waals surface area contributed by atoms with Crippen LogP contribution in [0.2, 0.25) is 0 Å². The van der Waals surface area contributed by atoms with E-state index < -0.39 is 5.82 Å². The van der Waals surface area contributed by atoms with Gasteiger partial charge in [0.2, 0.25) is 0 Å². The van der Waals surface area contributed by atoms with Gasteiger partial charge in [0.1, 0.15) is 5.82 Å². The average molecular weight is 273 g/mol. The number of para-hydroxylation sites is 1. The molecule has 20 heavy (non-hydrogen) atoms. The number of nitrogens with zero attached hydrogens (tertiary/aromatic N) is 2. The van der Waals surface area contributed by atoms with Crippen molar-refractivity contribution in [3.05, 3.63) is 60.2 Å². The number of carbonyl (C=O) groups is 1. The van der Waals surface area contributed by atoms with Crippen LogP contribution in [0.3, 0.4) is 0 Å². The molecule has 0 spiro atoms. The average Bonchev–Trinajstić information content (AvgIpc) is 2.48. The highest BCUT2D eigenvalue weighted by Gasteiger charge is 2.10. The Balaban J connectivity index is 1.88. The molecule has 104 valence electrons. The number of urea groups is 1. The van der Waals surface area contributed by atoms with Gasteiger partial charge >= 0.3 is 6.03 Å². The Morgan fingerprint density at radius 1 is 1.25 bits per heavy atom. The molecule has 2 rings (SSSR count). The zero-order chi connectivity index (χ0) is 14.4. The zero-order valence-corrected chi connectivity index (χ0v) is 11.2. The largest absolute Gasteiger partial charge is 0.327 e. The summed E-state index contributed by atoms with van der Waals surface area (Å²) in [6.07, 6.45) is 4.16. The molecule has 2 aromatic rings. The normalized spacial score (nSPS) is 10.1. The Kier molecular flexibility index (Phi) is 4.65. The van der Waals surface area contributed by atoms with Crippen molar-refractivity contribution >= 4 is 11.7 Å². The van der Waals surface area contributed by atoms with Crippen LogP contribution in [0.4, 0.5) is 14.9 Å². The fourth-order valence-electron chi connectivity index (χ4n) is 1.72. The predicted octanol–water partition coefficient (Wildman–Crippen LogP) is 2.93. The lowest BCUT2D eigenvalue weighted by Gasteiger charge is -2.18. The second kappa shape index (κ2) is 6.65. The van der Waals surface area contributed by atoms with E-state index in [0.29, 0.717) is 6.54 Å². The molecule has 0 aliphatic carbocycles. The number of rotatable bonds is 4. The van der Waals surface area contributed by atoms with Crippen molar-refractivity contribution < 1.29 is 9.18 Å². The lowest BCUT2D eigenvalue weighted by Crippen LogP contribution is -2.33.